The van der Waals surface area contributed by atoms with Crippen LogP contribution in [-0.4, -0.2) is 0 Å². The lowest BCUT2D eigenvalue weighted by atomic mass is 9.66. The molecule has 0 amide bonds. The fraction of sp³-hybridized carbons (Fsp3) is 0.0137. The molecule has 1 spiro atoms. The Morgan fingerprint density at radius 1 is 0.316 bits per heavy atom. The molecule has 1 aliphatic heterocycles. The van der Waals surface area contributed by atoms with Gasteiger partial charge in [0.05, 0.1) is 22.5 Å². The number of hydrogen-bond donors (Lipinski definition) is 0. The summed E-state index contributed by atoms with van der Waals surface area (Å²) in [6.07, 6.45) is 0. The van der Waals surface area contributed by atoms with Crippen LogP contribution >= 0.6 is 11.3 Å². The number of rotatable bonds is 5. The number of para-hydroxylation sites is 4. The highest BCUT2D eigenvalue weighted by Gasteiger charge is 2.50. The van der Waals surface area contributed by atoms with Crippen molar-refractivity contribution in [1.29, 1.82) is 0 Å². The Bertz CT molecular complexity index is 4490. The first-order valence-electron chi connectivity index (χ1n) is 26.2. The fourth-order valence-electron chi connectivity index (χ4n) is 13.4. The molecule has 13 aromatic rings. The summed E-state index contributed by atoms with van der Waals surface area (Å²) in [5.74, 6) is 0. The first kappa shape index (κ1) is 42.9. The first-order chi connectivity index (χ1) is 37.7. The van der Waals surface area contributed by atoms with Gasteiger partial charge in [-0.25, -0.2) is 0 Å². The zero-order chi connectivity index (χ0) is 49.9. The van der Waals surface area contributed by atoms with Crippen molar-refractivity contribution < 1.29 is 0 Å². The van der Waals surface area contributed by atoms with E-state index in [9.17, 15) is 0 Å². The molecule has 0 saturated carbocycles. The molecule has 16 rings (SSSR count). The molecule has 0 fully saturated rings. The first-order valence-corrected chi connectivity index (χ1v) is 27.1. The number of thiophene rings is 1. The standard InChI is InChI=1S/C73H46N2S/c1-3-21-47(22-4-1)51-25-11-17-35-67(51)74(49-39-41-54-56-29-12-18-36-68(56)75(48-23-5-2-6-24-48)69-37-19-13-30-57(69)61(54)45-49)50-40-43-65-62(46-50)53-27-8-7-26-52(53)55-28-9-15-33-63(55)73(65)64-34-16-10-32-60(64)71-66(73)44-42-59-58-31-14-20-38-70(58)76-72(59)71/h1-46H. The maximum absolute atomic E-state index is 2.52. The van der Waals surface area contributed by atoms with Crippen molar-refractivity contribution in [1.82, 2.24) is 0 Å². The molecule has 0 bridgehead atoms. The second kappa shape index (κ2) is 16.7. The van der Waals surface area contributed by atoms with Gasteiger partial charge in [-0.2, -0.15) is 0 Å². The summed E-state index contributed by atoms with van der Waals surface area (Å²) in [6.45, 7) is 0. The normalized spacial score (nSPS) is 14.3. The third-order valence-electron chi connectivity index (χ3n) is 16.4. The lowest BCUT2D eigenvalue weighted by molar-refractivity contribution is 0.776. The molecule has 3 aliphatic rings. The van der Waals surface area contributed by atoms with Crippen LogP contribution in [0.2, 0.25) is 0 Å². The van der Waals surface area contributed by atoms with E-state index in [1.54, 1.807) is 0 Å². The predicted molar refractivity (Wildman–Crippen MR) is 320 cm³/mol. The number of nitrogens with zero attached hydrogens (tertiary/aromatic N) is 2. The van der Waals surface area contributed by atoms with E-state index >= 15 is 0 Å². The van der Waals surface area contributed by atoms with E-state index in [0.29, 0.717) is 0 Å². The molecule has 1 unspecified atom stereocenters. The van der Waals surface area contributed by atoms with Crippen LogP contribution in [0.4, 0.5) is 34.1 Å². The van der Waals surface area contributed by atoms with Gasteiger partial charge in [0.25, 0.3) is 0 Å². The minimum Gasteiger partial charge on any atom is -0.310 e. The van der Waals surface area contributed by atoms with Crippen LogP contribution in [0.15, 0.2) is 279 Å². The Morgan fingerprint density at radius 3 is 1.57 bits per heavy atom. The van der Waals surface area contributed by atoms with Crippen molar-refractivity contribution in [3.05, 3.63) is 301 Å². The van der Waals surface area contributed by atoms with Crippen LogP contribution in [0.5, 0.6) is 0 Å². The highest BCUT2D eigenvalue weighted by molar-refractivity contribution is 7.26. The summed E-state index contributed by atoms with van der Waals surface area (Å²) >= 11 is 1.93. The van der Waals surface area contributed by atoms with Crippen molar-refractivity contribution >= 4 is 65.6 Å². The van der Waals surface area contributed by atoms with Crippen molar-refractivity contribution in [2.75, 3.05) is 9.80 Å². The molecular weight excluding hydrogens is 937 g/mol. The van der Waals surface area contributed by atoms with Crippen molar-refractivity contribution in [2.45, 2.75) is 5.41 Å². The smallest absolute Gasteiger partial charge is 0.0726 e. The molecule has 12 aromatic carbocycles. The van der Waals surface area contributed by atoms with E-state index in [1.807, 2.05) is 11.3 Å². The van der Waals surface area contributed by atoms with Gasteiger partial charge in [-0.05, 0) is 127 Å². The van der Waals surface area contributed by atoms with Crippen LogP contribution in [0.1, 0.15) is 22.3 Å². The number of anilines is 6. The molecule has 1 atom stereocenters. The largest absolute Gasteiger partial charge is 0.310 e. The second-order valence-corrected chi connectivity index (χ2v) is 21.3. The number of hydrogen-bond acceptors (Lipinski definition) is 3. The highest BCUT2D eigenvalue weighted by atomic mass is 32.1. The van der Waals surface area contributed by atoms with Gasteiger partial charge in [0.1, 0.15) is 0 Å². The average molecular weight is 983 g/mol. The summed E-state index contributed by atoms with van der Waals surface area (Å²) in [7, 11) is 0. The molecule has 2 nitrogen and oxygen atoms in total. The molecule has 0 N–H and O–H groups in total. The van der Waals surface area contributed by atoms with E-state index in [0.717, 1.165) is 45.3 Å². The molecule has 2 heterocycles. The van der Waals surface area contributed by atoms with Gasteiger partial charge in [0.2, 0.25) is 0 Å². The molecule has 2 aliphatic carbocycles. The second-order valence-electron chi connectivity index (χ2n) is 20.2. The molecule has 354 valence electrons. The lowest BCUT2D eigenvalue weighted by Crippen LogP contribution is -2.29. The van der Waals surface area contributed by atoms with Gasteiger partial charge >= 0.3 is 0 Å². The Labute approximate surface area is 446 Å². The molecule has 1 aromatic heterocycles. The van der Waals surface area contributed by atoms with Gasteiger partial charge in [-0.15, -0.1) is 11.3 Å². The Kier molecular flexibility index (Phi) is 9.45. The minimum absolute atomic E-state index is 0.627. The van der Waals surface area contributed by atoms with Crippen LogP contribution in [-0.2, 0) is 5.41 Å². The van der Waals surface area contributed by atoms with E-state index in [-0.39, 0.29) is 0 Å². The number of fused-ring (bicyclic) bond motifs is 21. The van der Waals surface area contributed by atoms with Crippen molar-refractivity contribution in [3.8, 4) is 66.8 Å². The van der Waals surface area contributed by atoms with E-state index in [4.69, 9.17) is 0 Å². The monoisotopic (exact) mass is 982 g/mol. The number of benzene rings is 12. The molecule has 0 radical (unpaired) electrons. The van der Waals surface area contributed by atoms with E-state index in [1.165, 1.54) is 98.1 Å². The van der Waals surface area contributed by atoms with Gasteiger partial charge < -0.3 is 9.80 Å². The summed E-state index contributed by atoms with van der Waals surface area (Å²) in [4.78, 5) is 4.94. The summed E-state index contributed by atoms with van der Waals surface area (Å²) in [5.41, 5.74) is 26.0. The maximum atomic E-state index is 2.52. The zero-order valence-electron chi connectivity index (χ0n) is 41.4. The van der Waals surface area contributed by atoms with Crippen LogP contribution in [0.3, 0.4) is 0 Å². The van der Waals surface area contributed by atoms with Crippen LogP contribution in [0, 0.1) is 0 Å². The fourth-order valence-corrected chi connectivity index (χ4v) is 14.6. The minimum atomic E-state index is -0.627. The van der Waals surface area contributed by atoms with Crippen molar-refractivity contribution in [2.24, 2.45) is 0 Å². The van der Waals surface area contributed by atoms with Gasteiger partial charge in [-0.3, -0.25) is 0 Å². The quantitative estimate of drug-likeness (QED) is 0.170. The van der Waals surface area contributed by atoms with Gasteiger partial charge in [0, 0.05) is 59.5 Å². The van der Waals surface area contributed by atoms with Gasteiger partial charge in [0.15, 0.2) is 0 Å². The molecular formula is C73H46N2S. The average Bonchev–Trinajstić information content (AvgIpc) is 3.98. The van der Waals surface area contributed by atoms with Crippen LogP contribution < -0.4 is 9.80 Å². The van der Waals surface area contributed by atoms with Gasteiger partial charge in [-0.1, -0.05) is 218 Å². The Morgan fingerprint density at radius 2 is 0.816 bits per heavy atom. The SMILES string of the molecule is c1ccc(-c2ccccc2N(c2ccc3c(c2)-c2ccccc2N(c2ccccc2)c2ccccc2-3)c2ccc3c(c2)-c2ccccc2-c2ccccc2C32c3ccccc3-c3c2ccc2c3sc3ccccc32)cc1. The predicted octanol–water partition coefficient (Wildman–Crippen LogP) is 20.3. The molecule has 3 heteroatoms. The Balaban J connectivity index is 0.988. The zero-order valence-corrected chi connectivity index (χ0v) is 42.2. The van der Waals surface area contributed by atoms with E-state index < -0.39 is 5.41 Å². The third kappa shape index (κ3) is 6.09. The van der Waals surface area contributed by atoms with E-state index in [2.05, 4.69) is 289 Å². The maximum Gasteiger partial charge on any atom is 0.0726 e. The van der Waals surface area contributed by atoms with Crippen molar-refractivity contribution in [3.63, 3.8) is 0 Å². The molecule has 76 heavy (non-hydrogen) atoms. The summed E-state index contributed by atoms with van der Waals surface area (Å²) in [5, 5.41) is 2.64. The Hall–Kier alpha value is -9.54. The summed E-state index contributed by atoms with van der Waals surface area (Å²) in [6, 6.07) is 104. The third-order valence-corrected chi connectivity index (χ3v) is 17.6. The lowest BCUT2D eigenvalue weighted by Gasteiger charge is -2.36. The topological polar surface area (TPSA) is 6.48 Å². The van der Waals surface area contributed by atoms with Crippen LogP contribution in [0.25, 0.3) is 86.9 Å². The molecule has 0 saturated heterocycles. The highest BCUT2D eigenvalue weighted by Crippen LogP contribution is 2.64. The summed E-state index contributed by atoms with van der Waals surface area (Å²) < 4.78 is 2.67.